The van der Waals surface area contributed by atoms with Gasteiger partial charge in [-0.3, -0.25) is 19.2 Å². The summed E-state index contributed by atoms with van der Waals surface area (Å²) in [6.07, 6.45) is 5.76. The van der Waals surface area contributed by atoms with Crippen LogP contribution >= 0.6 is 0 Å². The van der Waals surface area contributed by atoms with Crippen molar-refractivity contribution in [3.05, 3.63) is 12.2 Å². The molecule has 0 saturated heterocycles. The zero-order valence-corrected chi connectivity index (χ0v) is 14.2. The molecule has 0 radical (unpaired) electrons. The fourth-order valence-corrected chi connectivity index (χ4v) is 3.77. The number of esters is 2. The predicted octanol–water partition coefficient (Wildman–Crippen LogP) is 1.86. The number of allylic oxidation sites excluding steroid dienone is 2. The van der Waals surface area contributed by atoms with Gasteiger partial charge in [0.25, 0.3) is 0 Å². The average molecular weight is 336 g/mol. The molecule has 24 heavy (non-hydrogen) atoms. The van der Waals surface area contributed by atoms with Gasteiger partial charge in [-0.15, -0.1) is 0 Å². The minimum absolute atomic E-state index is 0.0907. The van der Waals surface area contributed by atoms with Crippen molar-refractivity contribution in [2.24, 2.45) is 23.7 Å². The van der Waals surface area contributed by atoms with Crippen LogP contribution in [0.15, 0.2) is 12.2 Å². The maximum absolute atomic E-state index is 12.4. The first-order chi connectivity index (χ1) is 11.5. The molecule has 2 aliphatic carbocycles. The molecule has 0 aromatic rings. The molecule has 0 aliphatic heterocycles. The highest BCUT2D eigenvalue weighted by atomic mass is 16.5. The molecular formula is C18H24O6. The molecule has 0 N–H and O–H groups in total. The van der Waals surface area contributed by atoms with Gasteiger partial charge in [0.05, 0.1) is 19.6 Å². The summed E-state index contributed by atoms with van der Waals surface area (Å²) < 4.78 is 10.1. The van der Waals surface area contributed by atoms with E-state index in [1.54, 1.807) is 13.8 Å². The van der Waals surface area contributed by atoms with Crippen molar-refractivity contribution in [1.29, 1.82) is 0 Å². The van der Waals surface area contributed by atoms with Gasteiger partial charge in [-0.1, -0.05) is 12.2 Å². The van der Waals surface area contributed by atoms with Crippen molar-refractivity contribution >= 4 is 23.5 Å². The Bertz CT molecular complexity index is 514. The third-order valence-electron chi connectivity index (χ3n) is 4.75. The quantitative estimate of drug-likeness (QED) is 0.433. The van der Waals surface area contributed by atoms with Gasteiger partial charge in [0.15, 0.2) is 11.6 Å². The van der Waals surface area contributed by atoms with Gasteiger partial charge >= 0.3 is 11.9 Å². The van der Waals surface area contributed by atoms with Crippen LogP contribution < -0.4 is 0 Å². The van der Waals surface area contributed by atoms with E-state index in [1.807, 2.05) is 12.2 Å². The van der Waals surface area contributed by atoms with Crippen molar-refractivity contribution in [3.63, 3.8) is 0 Å². The summed E-state index contributed by atoms with van der Waals surface area (Å²) in [7, 11) is 0. The number of ketones is 2. The molecule has 6 nitrogen and oxygen atoms in total. The maximum atomic E-state index is 12.4. The Morgan fingerprint density at radius 2 is 1.54 bits per heavy atom. The molecular weight excluding hydrogens is 312 g/mol. The topological polar surface area (TPSA) is 86.7 Å². The summed E-state index contributed by atoms with van der Waals surface area (Å²) >= 11 is 0. The number of carbonyl (C=O) groups excluding carboxylic acids is 4. The first-order valence-electron chi connectivity index (χ1n) is 8.54. The normalized spacial score (nSPS) is 27.8. The minimum atomic E-state index is -1.06. The summed E-state index contributed by atoms with van der Waals surface area (Å²) in [6.45, 7) is 3.63. The van der Waals surface area contributed by atoms with Crippen LogP contribution in [0.4, 0.5) is 0 Å². The van der Waals surface area contributed by atoms with Crippen LogP contribution in [0.2, 0.25) is 0 Å². The highest BCUT2D eigenvalue weighted by Crippen LogP contribution is 2.42. The second-order valence-electron chi connectivity index (χ2n) is 6.19. The Labute approximate surface area is 141 Å². The first-order valence-corrected chi connectivity index (χ1v) is 8.54. The van der Waals surface area contributed by atoms with Gasteiger partial charge in [-0.25, -0.2) is 0 Å². The number of carbonyl (C=O) groups is 4. The van der Waals surface area contributed by atoms with E-state index < -0.39 is 47.7 Å². The van der Waals surface area contributed by atoms with Crippen molar-refractivity contribution in [2.75, 3.05) is 13.2 Å². The van der Waals surface area contributed by atoms with E-state index in [0.717, 1.165) is 12.8 Å². The van der Waals surface area contributed by atoms with E-state index in [0.29, 0.717) is 6.42 Å². The van der Waals surface area contributed by atoms with E-state index in [9.17, 15) is 19.2 Å². The van der Waals surface area contributed by atoms with Crippen LogP contribution in [-0.4, -0.2) is 36.7 Å². The number of ether oxygens (including phenoxy) is 2. The molecule has 3 atom stereocenters. The van der Waals surface area contributed by atoms with Gasteiger partial charge in [0, 0.05) is 5.92 Å². The predicted molar refractivity (Wildman–Crippen MR) is 84.8 cm³/mol. The fraction of sp³-hybridized carbons (Fsp3) is 0.667. The van der Waals surface area contributed by atoms with Crippen LogP contribution in [-0.2, 0) is 28.7 Å². The molecule has 1 fully saturated rings. The second kappa shape index (κ2) is 8.22. The van der Waals surface area contributed by atoms with Crippen molar-refractivity contribution in [2.45, 2.75) is 39.5 Å². The highest BCUT2D eigenvalue weighted by molar-refractivity contribution is 6.16. The molecule has 0 bridgehead atoms. The molecule has 2 aliphatic rings. The van der Waals surface area contributed by atoms with Crippen LogP contribution in [0.3, 0.4) is 0 Å². The summed E-state index contributed by atoms with van der Waals surface area (Å²) in [4.78, 5) is 49.6. The lowest BCUT2D eigenvalue weighted by Gasteiger charge is -2.39. The average Bonchev–Trinajstić information content (AvgIpc) is 2.55. The lowest BCUT2D eigenvalue weighted by molar-refractivity contribution is -0.166. The fourth-order valence-electron chi connectivity index (χ4n) is 3.77. The van der Waals surface area contributed by atoms with Gasteiger partial charge in [0.2, 0.25) is 0 Å². The minimum Gasteiger partial charge on any atom is -0.465 e. The summed E-state index contributed by atoms with van der Waals surface area (Å²) in [6, 6.07) is 0. The monoisotopic (exact) mass is 336 g/mol. The van der Waals surface area contributed by atoms with Crippen LogP contribution in [0.1, 0.15) is 39.5 Å². The zero-order valence-electron chi connectivity index (χ0n) is 14.2. The Morgan fingerprint density at radius 1 is 1.00 bits per heavy atom. The Hall–Kier alpha value is -1.98. The third kappa shape index (κ3) is 3.74. The Morgan fingerprint density at radius 3 is 1.96 bits per heavy atom. The summed E-state index contributed by atoms with van der Waals surface area (Å²) in [5.41, 5.74) is 0. The summed E-state index contributed by atoms with van der Waals surface area (Å²) in [5, 5.41) is 0. The molecule has 0 aromatic heterocycles. The highest BCUT2D eigenvalue weighted by Gasteiger charge is 2.53. The van der Waals surface area contributed by atoms with E-state index >= 15 is 0 Å². The number of hydrogen-bond acceptors (Lipinski definition) is 6. The smallest absolute Gasteiger partial charge is 0.316 e. The molecule has 0 aromatic carbocycles. The zero-order chi connectivity index (χ0) is 17.7. The molecule has 0 unspecified atom stereocenters. The van der Waals surface area contributed by atoms with E-state index in [2.05, 4.69) is 0 Å². The molecule has 6 heteroatoms. The third-order valence-corrected chi connectivity index (χ3v) is 4.75. The van der Waals surface area contributed by atoms with E-state index in [-0.39, 0.29) is 19.1 Å². The molecule has 132 valence electrons. The van der Waals surface area contributed by atoms with E-state index in [4.69, 9.17) is 9.47 Å². The number of rotatable bonds is 5. The van der Waals surface area contributed by atoms with Gasteiger partial charge in [0.1, 0.15) is 11.8 Å². The lowest BCUT2D eigenvalue weighted by atomic mass is 9.62. The van der Waals surface area contributed by atoms with Gasteiger partial charge < -0.3 is 9.47 Å². The second-order valence-corrected chi connectivity index (χ2v) is 6.19. The van der Waals surface area contributed by atoms with Crippen LogP contribution in [0.5, 0.6) is 0 Å². The first kappa shape index (κ1) is 18.4. The van der Waals surface area contributed by atoms with Crippen LogP contribution in [0, 0.1) is 23.7 Å². The summed E-state index contributed by atoms with van der Waals surface area (Å²) in [5.74, 6) is -5.05. The standard InChI is InChI=1S/C18H24O6/c1-3-23-17(21)15-12(19)10-13(20)16(18(22)24-4-2)14(15)11-8-6-5-7-9-11/h5-6,11,14-16H,3-4,7-10H2,1-2H3/t11-,15+,16+/m0/s1. The molecule has 0 amide bonds. The van der Waals surface area contributed by atoms with Crippen molar-refractivity contribution in [1.82, 2.24) is 0 Å². The van der Waals surface area contributed by atoms with Crippen LogP contribution in [0.25, 0.3) is 0 Å². The van der Waals surface area contributed by atoms with Gasteiger partial charge in [-0.05, 0) is 39.0 Å². The largest absolute Gasteiger partial charge is 0.465 e. The number of Topliss-reactive ketones (excluding diaryl/α,β-unsaturated/α-hetero) is 2. The molecule has 2 rings (SSSR count). The molecule has 1 saturated carbocycles. The Balaban J connectivity index is 2.40. The van der Waals surface area contributed by atoms with Crippen molar-refractivity contribution < 1.29 is 28.7 Å². The maximum Gasteiger partial charge on any atom is 0.316 e. The molecule has 0 spiro atoms. The van der Waals surface area contributed by atoms with Gasteiger partial charge in [-0.2, -0.15) is 0 Å². The SMILES string of the molecule is CCOC(=O)[C@@H]1C(=O)CC(=O)[C@@H](C(=O)OCC)C1[C@H]1CC=CCC1. The lowest BCUT2D eigenvalue weighted by Crippen LogP contribution is -2.51. The van der Waals surface area contributed by atoms with E-state index in [1.165, 1.54) is 0 Å². The number of hydrogen-bond donors (Lipinski definition) is 0. The van der Waals surface area contributed by atoms with Crippen molar-refractivity contribution in [3.8, 4) is 0 Å². The Kier molecular flexibility index (Phi) is 6.29. The molecule has 0 heterocycles.